The summed E-state index contributed by atoms with van der Waals surface area (Å²) in [7, 11) is 0. The first kappa shape index (κ1) is 14.8. The van der Waals surface area contributed by atoms with Gasteiger partial charge in [-0.3, -0.25) is 4.79 Å². The van der Waals surface area contributed by atoms with E-state index in [-0.39, 0.29) is 23.7 Å². The van der Waals surface area contributed by atoms with Gasteiger partial charge in [-0.2, -0.15) is 0 Å². The average Bonchev–Trinajstić information content (AvgIpc) is 2.25. The van der Waals surface area contributed by atoms with Crippen LogP contribution in [0.5, 0.6) is 0 Å². The summed E-state index contributed by atoms with van der Waals surface area (Å²) < 4.78 is 0. The first-order valence-corrected chi connectivity index (χ1v) is 6.66. The third-order valence-corrected chi connectivity index (χ3v) is 3.41. The van der Waals surface area contributed by atoms with Gasteiger partial charge in [0, 0.05) is 13.2 Å². The molecule has 4 heteroatoms. The van der Waals surface area contributed by atoms with Gasteiger partial charge in [-0.05, 0) is 25.0 Å². The molecule has 0 aliphatic rings. The van der Waals surface area contributed by atoms with Gasteiger partial charge in [0.1, 0.15) is 0 Å². The summed E-state index contributed by atoms with van der Waals surface area (Å²) in [6.07, 6.45) is 2.33. The van der Waals surface area contributed by atoms with E-state index >= 15 is 0 Å². The number of aliphatic hydroxyl groups is 1. The maximum Gasteiger partial charge on any atom is 0.232 e. The molecule has 90 valence electrons. The third kappa shape index (κ3) is 7.68. The van der Waals surface area contributed by atoms with E-state index in [2.05, 4.69) is 12.2 Å². The minimum absolute atomic E-state index is 0.0162. The van der Waals surface area contributed by atoms with Crippen LogP contribution < -0.4 is 5.32 Å². The van der Waals surface area contributed by atoms with Gasteiger partial charge in [-0.1, -0.05) is 20.3 Å². The molecule has 0 rings (SSSR count). The summed E-state index contributed by atoms with van der Waals surface area (Å²) in [5.74, 6) is 1.26. The zero-order valence-corrected chi connectivity index (χ0v) is 10.8. The molecule has 2 N–H and O–H groups in total. The van der Waals surface area contributed by atoms with Gasteiger partial charge in [-0.15, -0.1) is 11.8 Å². The number of hydrogen-bond donors (Lipinski definition) is 2. The molecule has 0 bridgehead atoms. The zero-order valence-electron chi connectivity index (χ0n) is 9.95. The van der Waals surface area contributed by atoms with Crippen LogP contribution >= 0.6 is 11.8 Å². The number of carbonyl (C=O) groups is 1. The molecule has 2 atom stereocenters. The molecule has 0 radical (unpaired) electrons. The maximum absolute atomic E-state index is 11.5. The number of rotatable bonds is 8. The Labute approximate surface area is 97.0 Å². The van der Waals surface area contributed by atoms with E-state index in [1.54, 1.807) is 11.8 Å². The van der Waals surface area contributed by atoms with Crippen LogP contribution in [0, 0.1) is 5.92 Å². The predicted octanol–water partition coefficient (Wildman–Crippen LogP) is 1.65. The van der Waals surface area contributed by atoms with E-state index in [0.29, 0.717) is 6.54 Å². The van der Waals surface area contributed by atoms with Crippen molar-refractivity contribution in [3.8, 4) is 0 Å². The van der Waals surface area contributed by atoms with Gasteiger partial charge in [0.2, 0.25) is 5.91 Å². The second kappa shape index (κ2) is 9.04. The van der Waals surface area contributed by atoms with E-state index in [1.165, 1.54) is 6.42 Å². The van der Waals surface area contributed by atoms with E-state index in [9.17, 15) is 4.79 Å². The highest BCUT2D eigenvalue weighted by molar-refractivity contribution is 8.00. The molecule has 1 amide bonds. The predicted molar refractivity (Wildman–Crippen MR) is 66.1 cm³/mol. The molecule has 0 saturated heterocycles. The standard InChI is InChI=1S/C11H23NO2S/c1-4-5-6-15-10(3)11(14)12-7-9(2)8-13/h9-10,13H,4-8H2,1-3H3,(H,12,14). The molecule has 2 unspecified atom stereocenters. The smallest absolute Gasteiger partial charge is 0.232 e. The molecule has 0 aliphatic heterocycles. The van der Waals surface area contributed by atoms with Crippen molar-refractivity contribution in [3.63, 3.8) is 0 Å². The summed E-state index contributed by atoms with van der Waals surface area (Å²) in [4.78, 5) is 11.5. The topological polar surface area (TPSA) is 49.3 Å². The lowest BCUT2D eigenvalue weighted by Crippen LogP contribution is -2.35. The molecule has 0 fully saturated rings. The minimum atomic E-state index is 0.0162. The van der Waals surface area contributed by atoms with Crippen molar-refractivity contribution in [1.82, 2.24) is 5.32 Å². The fourth-order valence-corrected chi connectivity index (χ4v) is 2.01. The Hall–Kier alpha value is -0.220. The monoisotopic (exact) mass is 233 g/mol. The van der Waals surface area contributed by atoms with Crippen molar-refractivity contribution in [2.24, 2.45) is 5.92 Å². The Kier molecular flexibility index (Phi) is 8.91. The van der Waals surface area contributed by atoms with Crippen LogP contribution in [0.15, 0.2) is 0 Å². The Morgan fingerprint density at radius 3 is 2.67 bits per heavy atom. The Morgan fingerprint density at radius 2 is 2.13 bits per heavy atom. The largest absolute Gasteiger partial charge is 0.396 e. The number of thioether (sulfide) groups is 1. The number of aliphatic hydroxyl groups excluding tert-OH is 1. The highest BCUT2D eigenvalue weighted by Crippen LogP contribution is 2.12. The summed E-state index contributed by atoms with van der Waals surface area (Å²) >= 11 is 1.69. The van der Waals surface area contributed by atoms with Gasteiger partial charge in [0.15, 0.2) is 0 Å². The lowest BCUT2D eigenvalue weighted by atomic mass is 10.2. The lowest BCUT2D eigenvalue weighted by Gasteiger charge is -2.13. The van der Waals surface area contributed by atoms with Gasteiger partial charge < -0.3 is 10.4 Å². The van der Waals surface area contributed by atoms with Crippen molar-refractivity contribution in [2.75, 3.05) is 18.9 Å². The molecule has 0 aliphatic carbocycles. The molecule has 0 saturated carbocycles. The summed E-state index contributed by atoms with van der Waals surface area (Å²) in [6, 6.07) is 0. The summed E-state index contributed by atoms with van der Waals surface area (Å²) in [5.41, 5.74) is 0. The Bertz CT molecular complexity index is 176. The molecule has 0 aromatic heterocycles. The first-order chi connectivity index (χ1) is 7.11. The van der Waals surface area contributed by atoms with Crippen molar-refractivity contribution in [1.29, 1.82) is 0 Å². The van der Waals surface area contributed by atoms with Gasteiger partial charge >= 0.3 is 0 Å². The maximum atomic E-state index is 11.5. The average molecular weight is 233 g/mol. The number of nitrogens with one attached hydrogen (secondary N) is 1. The summed E-state index contributed by atoms with van der Waals surface area (Å²) in [5, 5.41) is 11.7. The van der Waals surface area contributed by atoms with Crippen molar-refractivity contribution >= 4 is 17.7 Å². The van der Waals surface area contributed by atoms with Crippen LogP contribution in [0.25, 0.3) is 0 Å². The SMILES string of the molecule is CCCCSC(C)C(=O)NCC(C)CO. The molecule has 0 aromatic rings. The van der Waals surface area contributed by atoms with Gasteiger partial charge in [-0.25, -0.2) is 0 Å². The second-order valence-electron chi connectivity index (χ2n) is 3.90. The second-order valence-corrected chi connectivity index (χ2v) is 5.35. The quantitative estimate of drug-likeness (QED) is 0.627. The fourth-order valence-electron chi connectivity index (χ4n) is 0.963. The minimum Gasteiger partial charge on any atom is -0.396 e. The molecule has 0 aromatic carbocycles. The van der Waals surface area contributed by atoms with E-state index in [1.807, 2.05) is 13.8 Å². The molecule has 15 heavy (non-hydrogen) atoms. The van der Waals surface area contributed by atoms with Crippen LogP contribution in [0.2, 0.25) is 0 Å². The van der Waals surface area contributed by atoms with E-state index < -0.39 is 0 Å². The number of hydrogen-bond acceptors (Lipinski definition) is 3. The van der Waals surface area contributed by atoms with E-state index in [4.69, 9.17) is 5.11 Å². The Morgan fingerprint density at radius 1 is 1.47 bits per heavy atom. The first-order valence-electron chi connectivity index (χ1n) is 5.62. The van der Waals surface area contributed by atoms with Crippen molar-refractivity contribution in [2.45, 2.75) is 38.9 Å². The third-order valence-electron chi connectivity index (χ3n) is 2.17. The molecular formula is C11H23NO2S. The molecule has 0 heterocycles. The number of carbonyl (C=O) groups excluding carboxylic acids is 1. The molecular weight excluding hydrogens is 210 g/mol. The van der Waals surface area contributed by atoms with Crippen LogP contribution in [0.1, 0.15) is 33.6 Å². The van der Waals surface area contributed by atoms with Crippen LogP contribution in [-0.2, 0) is 4.79 Å². The van der Waals surface area contributed by atoms with Crippen LogP contribution in [0.3, 0.4) is 0 Å². The highest BCUT2D eigenvalue weighted by atomic mass is 32.2. The summed E-state index contributed by atoms with van der Waals surface area (Å²) in [6.45, 7) is 6.67. The van der Waals surface area contributed by atoms with Crippen LogP contribution in [0.4, 0.5) is 0 Å². The molecule has 3 nitrogen and oxygen atoms in total. The highest BCUT2D eigenvalue weighted by Gasteiger charge is 2.13. The fraction of sp³-hybridized carbons (Fsp3) is 0.909. The zero-order chi connectivity index (χ0) is 11.7. The van der Waals surface area contributed by atoms with Gasteiger partial charge in [0.05, 0.1) is 5.25 Å². The van der Waals surface area contributed by atoms with Crippen molar-refractivity contribution < 1.29 is 9.90 Å². The van der Waals surface area contributed by atoms with Crippen LogP contribution in [-0.4, -0.2) is 35.2 Å². The molecule has 0 spiro atoms. The lowest BCUT2D eigenvalue weighted by molar-refractivity contribution is -0.120. The Balaban J connectivity index is 3.60. The van der Waals surface area contributed by atoms with E-state index in [0.717, 1.165) is 12.2 Å². The normalized spacial score (nSPS) is 14.7. The number of amides is 1. The number of unbranched alkanes of at least 4 members (excludes halogenated alkanes) is 1. The van der Waals surface area contributed by atoms with Gasteiger partial charge in [0.25, 0.3) is 0 Å². The van der Waals surface area contributed by atoms with Crippen molar-refractivity contribution in [3.05, 3.63) is 0 Å².